The van der Waals surface area contributed by atoms with Gasteiger partial charge in [-0.25, -0.2) is 0 Å². The van der Waals surface area contributed by atoms with Crippen LogP contribution in [0.2, 0.25) is 0 Å². The highest BCUT2D eigenvalue weighted by atomic mass is 79.9. The summed E-state index contributed by atoms with van der Waals surface area (Å²) >= 11 is 2.96. The quantitative estimate of drug-likeness (QED) is 0.536. The Hall–Kier alpha value is -0.560. The standard InChI is InChI=1S/C7H10BrNO2/c1-7(2,3-4-9)11-6(10)5-8/h3,5H2,1-2H3. The van der Waals surface area contributed by atoms with Gasteiger partial charge in [-0.15, -0.1) is 0 Å². The van der Waals surface area contributed by atoms with Crippen LogP contribution in [0.5, 0.6) is 0 Å². The average molecular weight is 220 g/mol. The van der Waals surface area contributed by atoms with Gasteiger partial charge in [-0.1, -0.05) is 15.9 Å². The van der Waals surface area contributed by atoms with Crippen LogP contribution < -0.4 is 0 Å². The first-order valence-corrected chi connectivity index (χ1v) is 4.29. The molecule has 0 aliphatic carbocycles. The molecule has 0 spiro atoms. The Bertz CT molecular complexity index is 183. The topological polar surface area (TPSA) is 50.1 Å². The molecule has 0 heterocycles. The summed E-state index contributed by atoms with van der Waals surface area (Å²) in [7, 11) is 0. The molecular weight excluding hydrogens is 210 g/mol. The van der Waals surface area contributed by atoms with Gasteiger partial charge in [0.25, 0.3) is 0 Å². The summed E-state index contributed by atoms with van der Waals surface area (Å²) in [5.41, 5.74) is -0.667. The number of nitriles is 1. The SMILES string of the molecule is CC(C)(CC#N)OC(=O)CBr. The van der Waals surface area contributed by atoms with Gasteiger partial charge >= 0.3 is 5.97 Å². The molecule has 3 nitrogen and oxygen atoms in total. The molecule has 0 aromatic heterocycles. The highest BCUT2D eigenvalue weighted by molar-refractivity contribution is 9.09. The lowest BCUT2D eigenvalue weighted by molar-refractivity contribution is -0.152. The van der Waals surface area contributed by atoms with Gasteiger partial charge in [0, 0.05) is 0 Å². The summed E-state index contributed by atoms with van der Waals surface area (Å²) in [5, 5.41) is 8.50. The van der Waals surface area contributed by atoms with Gasteiger partial charge in [0.2, 0.25) is 0 Å². The lowest BCUT2D eigenvalue weighted by Crippen LogP contribution is -2.27. The molecule has 0 saturated carbocycles. The minimum Gasteiger partial charge on any atom is -0.458 e. The number of alkyl halides is 1. The van der Waals surface area contributed by atoms with E-state index in [9.17, 15) is 4.79 Å². The number of esters is 1. The summed E-state index contributed by atoms with van der Waals surface area (Å²) in [6.45, 7) is 3.41. The van der Waals surface area contributed by atoms with Crippen molar-refractivity contribution in [1.29, 1.82) is 5.26 Å². The summed E-state index contributed by atoms with van der Waals surface area (Å²) in [4.78, 5) is 10.7. The zero-order chi connectivity index (χ0) is 8.91. The predicted octanol–water partition coefficient (Wildman–Crippen LogP) is 1.62. The molecular formula is C7H10BrNO2. The van der Waals surface area contributed by atoms with Crippen molar-refractivity contribution in [2.45, 2.75) is 25.9 Å². The Kier molecular flexibility index (Phi) is 4.12. The smallest absolute Gasteiger partial charge is 0.317 e. The molecule has 0 aromatic rings. The van der Waals surface area contributed by atoms with E-state index in [1.165, 1.54) is 0 Å². The van der Waals surface area contributed by atoms with E-state index in [4.69, 9.17) is 10.00 Å². The lowest BCUT2D eigenvalue weighted by Gasteiger charge is -2.20. The Morgan fingerprint density at radius 2 is 2.27 bits per heavy atom. The zero-order valence-corrected chi connectivity index (χ0v) is 8.14. The van der Waals surface area contributed by atoms with Gasteiger partial charge in [0.1, 0.15) is 10.9 Å². The van der Waals surface area contributed by atoms with Gasteiger partial charge in [0.05, 0.1) is 12.5 Å². The first-order valence-electron chi connectivity index (χ1n) is 3.16. The lowest BCUT2D eigenvalue weighted by atomic mass is 10.1. The summed E-state index contributed by atoms with van der Waals surface area (Å²) in [6, 6.07) is 1.94. The van der Waals surface area contributed by atoms with E-state index < -0.39 is 5.60 Å². The molecule has 0 rings (SSSR count). The summed E-state index contributed by atoms with van der Waals surface area (Å²) < 4.78 is 4.92. The molecule has 0 aliphatic rings. The zero-order valence-electron chi connectivity index (χ0n) is 6.56. The molecule has 0 aromatic carbocycles. The Morgan fingerprint density at radius 3 is 2.64 bits per heavy atom. The monoisotopic (exact) mass is 219 g/mol. The van der Waals surface area contributed by atoms with Crippen molar-refractivity contribution in [2.24, 2.45) is 0 Å². The number of rotatable bonds is 3. The van der Waals surface area contributed by atoms with Crippen LogP contribution in [0.4, 0.5) is 0 Å². The van der Waals surface area contributed by atoms with Crippen LogP contribution in [0, 0.1) is 11.3 Å². The third-order valence-electron chi connectivity index (χ3n) is 1.00. The number of nitrogens with zero attached hydrogens (tertiary/aromatic N) is 1. The Morgan fingerprint density at radius 1 is 1.73 bits per heavy atom. The number of hydrogen-bond acceptors (Lipinski definition) is 3. The fourth-order valence-electron chi connectivity index (χ4n) is 0.562. The van der Waals surface area contributed by atoms with Crippen molar-refractivity contribution in [2.75, 3.05) is 5.33 Å². The summed E-state index contributed by atoms with van der Waals surface area (Å²) in [6.07, 6.45) is 0.214. The van der Waals surface area contributed by atoms with E-state index in [0.29, 0.717) is 0 Å². The third-order valence-corrected chi connectivity index (χ3v) is 1.46. The van der Waals surface area contributed by atoms with Crippen molar-refractivity contribution in [3.05, 3.63) is 0 Å². The van der Waals surface area contributed by atoms with E-state index >= 15 is 0 Å². The fourth-order valence-corrected chi connectivity index (χ4v) is 0.676. The molecule has 0 atom stereocenters. The molecule has 0 fully saturated rings. The predicted molar refractivity (Wildman–Crippen MR) is 44.2 cm³/mol. The second kappa shape index (κ2) is 4.35. The van der Waals surface area contributed by atoms with Crippen LogP contribution in [0.1, 0.15) is 20.3 Å². The van der Waals surface area contributed by atoms with Gasteiger partial charge in [-0.05, 0) is 13.8 Å². The van der Waals surface area contributed by atoms with Gasteiger partial charge < -0.3 is 4.74 Å². The van der Waals surface area contributed by atoms with Crippen LogP contribution in [-0.4, -0.2) is 16.9 Å². The number of hydrogen-bond donors (Lipinski definition) is 0. The van der Waals surface area contributed by atoms with Crippen molar-refractivity contribution >= 4 is 21.9 Å². The van der Waals surface area contributed by atoms with Gasteiger partial charge in [0.15, 0.2) is 0 Å². The molecule has 4 heteroatoms. The first kappa shape index (κ1) is 10.4. The largest absolute Gasteiger partial charge is 0.458 e. The van der Waals surface area contributed by atoms with E-state index in [0.717, 1.165) is 0 Å². The van der Waals surface area contributed by atoms with Crippen LogP contribution >= 0.6 is 15.9 Å². The minimum atomic E-state index is -0.667. The van der Waals surface area contributed by atoms with E-state index in [1.807, 2.05) is 6.07 Å². The van der Waals surface area contributed by atoms with Crippen LogP contribution in [0.3, 0.4) is 0 Å². The summed E-state index contributed by atoms with van der Waals surface area (Å²) in [5.74, 6) is -0.342. The molecule has 11 heavy (non-hydrogen) atoms. The molecule has 62 valence electrons. The molecule has 0 aliphatic heterocycles. The second-order valence-electron chi connectivity index (χ2n) is 2.70. The van der Waals surface area contributed by atoms with Gasteiger partial charge in [-0.2, -0.15) is 5.26 Å². The molecule has 0 unspecified atom stereocenters. The number of ether oxygens (including phenoxy) is 1. The van der Waals surface area contributed by atoms with Gasteiger partial charge in [-0.3, -0.25) is 4.79 Å². The maximum Gasteiger partial charge on any atom is 0.317 e. The van der Waals surface area contributed by atoms with Crippen molar-refractivity contribution in [1.82, 2.24) is 0 Å². The normalized spacial score (nSPS) is 10.4. The molecule has 0 saturated heterocycles. The number of carbonyl (C=O) groups excluding carboxylic acids is 1. The fraction of sp³-hybridized carbons (Fsp3) is 0.714. The van der Waals surface area contributed by atoms with E-state index in [2.05, 4.69) is 15.9 Å². The second-order valence-corrected chi connectivity index (χ2v) is 3.26. The highest BCUT2D eigenvalue weighted by Crippen LogP contribution is 2.13. The molecule has 0 N–H and O–H groups in total. The van der Waals surface area contributed by atoms with E-state index in [1.54, 1.807) is 13.8 Å². The Balaban J connectivity index is 3.92. The molecule has 0 bridgehead atoms. The van der Waals surface area contributed by atoms with Crippen molar-refractivity contribution in [3.8, 4) is 6.07 Å². The first-order chi connectivity index (χ1) is 5.02. The number of halogens is 1. The van der Waals surface area contributed by atoms with Crippen molar-refractivity contribution < 1.29 is 9.53 Å². The van der Waals surface area contributed by atoms with Crippen molar-refractivity contribution in [3.63, 3.8) is 0 Å². The van der Waals surface area contributed by atoms with Crippen LogP contribution in [0.15, 0.2) is 0 Å². The minimum absolute atomic E-state index is 0.169. The third kappa shape index (κ3) is 4.79. The highest BCUT2D eigenvalue weighted by Gasteiger charge is 2.21. The van der Waals surface area contributed by atoms with Crippen LogP contribution in [0.25, 0.3) is 0 Å². The molecule has 0 radical (unpaired) electrons. The Labute approximate surface area is 74.5 Å². The average Bonchev–Trinajstić information content (AvgIpc) is 1.86. The van der Waals surface area contributed by atoms with E-state index in [-0.39, 0.29) is 17.7 Å². The maximum absolute atomic E-state index is 10.7. The number of carbonyl (C=O) groups is 1. The van der Waals surface area contributed by atoms with Crippen LogP contribution in [-0.2, 0) is 9.53 Å². The molecule has 0 amide bonds. The maximum atomic E-state index is 10.7.